The zero-order valence-corrected chi connectivity index (χ0v) is 24.1. The summed E-state index contributed by atoms with van der Waals surface area (Å²) in [6.45, 7) is 7.66. The minimum atomic E-state index is -0.170. The molecule has 0 bridgehead atoms. The Morgan fingerprint density at radius 2 is 1.80 bits per heavy atom. The first-order valence-corrected chi connectivity index (χ1v) is 14.7. The van der Waals surface area contributed by atoms with Gasteiger partial charge in [0.1, 0.15) is 18.2 Å². The second-order valence-electron chi connectivity index (χ2n) is 10.6. The van der Waals surface area contributed by atoms with Gasteiger partial charge in [-0.05, 0) is 55.7 Å². The molecule has 3 aromatic carbocycles. The van der Waals surface area contributed by atoms with Crippen molar-refractivity contribution in [3.05, 3.63) is 94.6 Å². The molecule has 7 nitrogen and oxygen atoms in total. The summed E-state index contributed by atoms with van der Waals surface area (Å²) in [5.41, 5.74) is 3.22. The number of benzene rings is 3. The molecule has 0 aliphatic carbocycles. The molecule has 0 saturated carbocycles. The van der Waals surface area contributed by atoms with E-state index in [-0.39, 0.29) is 11.9 Å². The molecule has 1 aromatic heterocycles. The van der Waals surface area contributed by atoms with Crippen molar-refractivity contribution in [1.82, 2.24) is 9.88 Å². The Balaban J connectivity index is 1.20. The molecule has 2 saturated heterocycles. The predicted octanol–water partition coefficient (Wildman–Crippen LogP) is 6.50. The predicted molar refractivity (Wildman–Crippen MR) is 164 cm³/mol. The minimum Gasteiger partial charge on any atom is -0.492 e. The average molecular weight is 571 g/mol. The van der Waals surface area contributed by atoms with Crippen molar-refractivity contribution in [3.63, 3.8) is 0 Å². The highest BCUT2D eigenvalue weighted by atomic mass is 35.5. The van der Waals surface area contributed by atoms with Crippen molar-refractivity contribution >= 4 is 39.8 Å². The van der Waals surface area contributed by atoms with Gasteiger partial charge in [0.2, 0.25) is 0 Å². The number of ether oxygens (including phenoxy) is 2. The lowest BCUT2D eigenvalue weighted by Gasteiger charge is -2.27. The van der Waals surface area contributed by atoms with Gasteiger partial charge in [0.15, 0.2) is 0 Å². The number of carbonyl (C=O) groups is 1. The van der Waals surface area contributed by atoms with Gasteiger partial charge in [-0.2, -0.15) is 0 Å². The molecule has 2 aliphatic rings. The van der Waals surface area contributed by atoms with Crippen molar-refractivity contribution in [1.29, 1.82) is 0 Å². The number of hydrogen-bond acceptors (Lipinski definition) is 6. The third-order valence-electron chi connectivity index (χ3n) is 7.91. The number of fused-ring (bicyclic) bond motifs is 1. The smallest absolute Gasteiger partial charge is 0.255 e. The Morgan fingerprint density at radius 1 is 1.02 bits per heavy atom. The van der Waals surface area contributed by atoms with E-state index in [0.29, 0.717) is 12.2 Å². The highest BCUT2D eigenvalue weighted by Gasteiger charge is 2.29. The quantitative estimate of drug-likeness (QED) is 0.261. The number of rotatable bonds is 8. The Bertz CT molecular complexity index is 1540. The molecule has 0 spiro atoms. The van der Waals surface area contributed by atoms with Crippen LogP contribution in [0.4, 0.5) is 11.5 Å². The Morgan fingerprint density at radius 3 is 2.63 bits per heavy atom. The van der Waals surface area contributed by atoms with E-state index in [1.165, 1.54) is 0 Å². The minimum absolute atomic E-state index is 0.133. The number of halogens is 1. The molecule has 1 N–H and O–H groups in total. The number of carbonyl (C=O) groups excluding carboxylic acids is 1. The van der Waals surface area contributed by atoms with Gasteiger partial charge < -0.3 is 19.7 Å². The van der Waals surface area contributed by atoms with Crippen LogP contribution in [-0.2, 0) is 4.74 Å². The van der Waals surface area contributed by atoms with Gasteiger partial charge in [-0.25, -0.2) is 4.98 Å². The van der Waals surface area contributed by atoms with Crippen LogP contribution in [0.3, 0.4) is 0 Å². The van der Waals surface area contributed by atoms with E-state index in [2.05, 4.69) is 21.2 Å². The summed E-state index contributed by atoms with van der Waals surface area (Å²) in [5.74, 6) is 1.44. The van der Waals surface area contributed by atoms with Gasteiger partial charge in [-0.15, -0.1) is 0 Å². The first kappa shape index (κ1) is 27.5. The van der Waals surface area contributed by atoms with E-state index in [4.69, 9.17) is 26.1 Å². The molecular formula is C33H35ClN4O3. The summed E-state index contributed by atoms with van der Waals surface area (Å²) in [5, 5.41) is 5.82. The van der Waals surface area contributed by atoms with Gasteiger partial charge in [0.05, 0.1) is 19.3 Å². The lowest BCUT2D eigenvalue weighted by atomic mass is 10.0. The van der Waals surface area contributed by atoms with E-state index >= 15 is 0 Å². The van der Waals surface area contributed by atoms with Gasteiger partial charge >= 0.3 is 0 Å². The van der Waals surface area contributed by atoms with Gasteiger partial charge in [-0.1, -0.05) is 54.1 Å². The Labute approximate surface area is 246 Å². The van der Waals surface area contributed by atoms with Crippen molar-refractivity contribution in [2.75, 3.05) is 56.2 Å². The second kappa shape index (κ2) is 12.5. The van der Waals surface area contributed by atoms with Crippen LogP contribution in [0.15, 0.2) is 72.8 Å². The molecule has 6 rings (SSSR count). The van der Waals surface area contributed by atoms with Crippen molar-refractivity contribution in [3.8, 4) is 5.75 Å². The van der Waals surface area contributed by atoms with E-state index in [1.807, 2.05) is 73.7 Å². The highest BCUT2D eigenvalue weighted by Crippen LogP contribution is 2.39. The van der Waals surface area contributed by atoms with Crippen molar-refractivity contribution in [2.24, 2.45) is 0 Å². The largest absolute Gasteiger partial charge is 0.492 e. The van der Waals surface area contributed by atoms with Crippen LogP contribution in [0.5, 0.6) is 5.75 Å². The zero-order valence-electron chi connectivity index (χ0n) is 23.3. The molecule has 0 radical (unpaired) electrons. The molecule has 41 heavy (non-hydrogen) atoms. The van der Waals surface area contributed by atoms with Crippen molar-refractivity contribution < 1.29 is 14.3 Å². The summed E-state index contributed by atoms with van der Waals surface area (Å²) >= 11 is 6.56. The van der Waals surface area contributed by atoms with E-state index < -0.39 is 0 Å². The number of anilines is 2. The topological polar surface area (TPSA) is 66.9 Å². The van der Waals surface area contributed by atoms with E-state index in [0.717, 1.165) is 96.5 Å². The number of amides is 1. The third kappa shape index (κ3) is 6.17. The number of hydrogen-bond donors (Lipinski definition) is 1. The maximum atomic E-state index is 13.6. The van der Waals surface area contributed by atoms with Gasteiger partial charge in [0, 0.05) is 58.9 Å². The molecule has 4 aromatic rings. The second-order valence-corrected chi connectivity index (χ2v) is 11.0. The summed E-state index contributed by atoms with van der Waals surface area (Å²) < 4.78 is 11.6. The average Bonchev–Trinajstić information content (AvgIpc) is 3.48. The standard InChI is InChI=1S/C33H35ClN4O3/c1-23-21-24(22-32(35-23)38-14-6-11-30(38)27-9-4-5-10-28(27)34)33(39)36-29-12-13-31(26-8-3-2-7-25(26)29)41-20-17-37-15-18-40-19-16-37/h2-5,7-10,12-13,21-22,30H,6,11,14-20H2,1H3,(H,36,39). The summed E-state index contributed by atoms with van der Waals surface area (Å²) in [6.07, 6.45) is 2.04. The summed E-state index contributed by atoms with van der Waals surface area (Å²) in [7, 11) is 0. The van der Waals surface area contributed by atoms with Crippen LogP contribution in [0, 0.1) is 6.92 Å². The third-order valence-corrected chi connectivity index (χ3v) is 8.26. The van der Waals surface area contributed by atoms with Crippen LogP contribution < -0.4 is 15.0 Å². The van der Waals surface area contributed by atoms with Gasteiger partial charge in [0.25, 0.3) is 5.91 Å². The molecular weight excluding hydrogens is 536 g/mol. The Kier molecular flexibility index (Phi) is 8.37. The monoisotopic (exact) mass is 570 g/mol. The van der Waals surface area contributed by atoms with Crippen LogP contribution in [0.25, 0.3) is 10.8 Å². The molecule has 1 atom stereocenters. The molecule has 2 aliphatic heterocycles. The first-order valence-electron chi connectivity index (χ1n) is 14.3. The number of nitrogens with zero attached hydrogens (tertiary/aromatic N) is 3. The molecule has 1 unspecified atom stereocenters. The van der Waals surface area contributed by atoms with Gasteiger partial charge in [-0.3, -0.25) is 9.69 Å². The number of nitrogens with one attached hydrogen (secondary N) is 1. The molecule has 2 fully saturated rings. The first-order chi connectivity index (χ1) is 20.1. The van der Waals surface area contributed by atoms with E-state index in [1.54, 1.807) is 0 Å². The number of pyridine rings is 1. The number of aromatic nitrogens is 1. The lowest BCUT2D eigenvalue weighted by Crippen LogP contribution is -2.38. The van der Waals surface area contributed by atoms with Crippen LogP contribution >= 0.6 is 11.6 Å². The fourth-order valence-corrected chi connectivity index (χ4v) is 6.11. The number of aryl methyl sites for hydroxylation is 1. The highest BCUT2D eigenvalue weighted by molar-refractivity contribution is 6.31. The fraction of sp³-hybridized carbons (Fsp3) is 0.333. The van der Waals surface area contributed by atoms with Crippen LogP contribution in [0.2, 0.25) is 5.02 Å². The maximum Gasteiger partial charge on any atom is 0.255 e. The SMILES string of the molecule is Cc1cc(C(=O)Nc2ccc(OCCN3CCOCC3)c3ccccc23)cc(N2CCCC2c2ccccc2Cl)n1. The molecule has 8 heteroatoms. The van der Waals surface area contributed by atoms with E-state index in [9.17, 15) is 4.79 Å². The summed E-state index contributed by atoms with van der Waals surface area (Å²) in [6, 6.07) is 23.7. The zero-order chi connectivity index (χ0) is 28.2. The maximum absolute atomic E-state index is 13.6. The summed E-state index contributed by atoms with van der Waals surface area (Å²) in [4.78, 5) is 23.0. The molecule has 212 valence electrons. The van der Waals surface area contributed by atoms with Crippen LogP contribution in [0.1, 0.15) is 40.5 Å². The molecule has 3 heterocycles. The number of morpholine rings is 1. The van der Waals surface area contributed by atoms with Crippen LogP contribution in [-0.4, -0.2) is 61.8 Å². The normalized spacial score (nSPS) is 17.6. The lowest BCUT2D eigenvalue weighted by molar-refractivity contribution is 0.0323. The Hall–Kier alpha value is -3.65. The fourth-order valence-electron chi connectivity index (χ4n) is 5.85. The molecule has 1 amide bonds. The van der Waals surface area contributed by atoms with Crippen molar-refractivity contribution in [2.45, 2.75) is 25.8 Å².